The molecular weight excluding hydrogens is 200 g/mol. The first-order chi connectivity index (χ1) is 7.74. The van der Waals surface area contributed by atoms with Gasteiger partial charge in [-0.2, -0.15) is 0 Å². The molecule has 1 N–H and O–H groups in total. The summed E-state index contributed by atoms with van der Waals surface area (Å²) < 4.78 is 0. The third-order valence-corrected chi connectivity index (χ3v) is 2.31. The van der Waals surface area contributed by atoms with Crippen LogP contribution in [0.25, 0.3) is 0 Å². The second-order valence-corrected chi connectivity index (χ2v) is 3.84. The van der Waals surface area contributed by atoms with E-state index in [-0.39, 0.29) is 0 Å². The highest BCUT2D eigenvalue weighted by molar-refractivity contribution is 4.80. The Hall–Kier alpha value is -1.06. The van der Waals surface area contributed by atoms with Crippen LogP contribution in [0.3, 0.4) is 0 Å². The van der Waals surface area contributed by atoms with Crippen LogP contribution in [0.4, 0.5) is 0 Å². The number of likely N-dealkylation sites (N-methyl/N-ethyl adjacent to an activating group) is 1. The van der Waals surface area contributed by atoms with Crippen molar-refractivity contribution in [2.45, 2.75) is 6.42 Å². The predicted octanol–water partition coefficient (Wildman–Crippen LogP) is 2.05. The molecule has 0 amide bonds. The minimum atomic E-state index is 0.791. The fraction of sp³-hybridized carbons (Fsp3) is 0.538. The largest absolute Gasteiger partial charge is 0.516 e. The highest BCUT2D eigenvalue weighted by Gasteiger charge is 2.01. The monoisotopic (exact) mass is 224 g/mol. The molecule has 0 spiro atoms. The molecule has 0 bridgehead atoms. The zero-order valence-corrected chi connectivity index (χ0v) is 10.3. The average Bonchev–Trinajstić information content (AvgIpc) is 2.27. The molecule has 92 valence electrons. The number of rotatable bonds is 10. The second kappa shape index (κ2) is 10.5. The molecule has 0 atom stereocenters. The van der Waals surface area contributed by atoms with Crippen molar-refractivity contribution < 1.29 is 5.11 Å². The van der Waals surface area contributed by atoms with E-state index in [2.05, 4.69) is 23.0 Å². The zero-order valence-electron chi connectivity index (χ0n) is 10.3. The van der Waals surface area contributed by atoms with E-state index in [9.17, 15) is 0 Å². The second-order valence-electron chi connectivity index (χ2n) is 3.84. The van der Waals surface area contributed by atoms with Crippen LogP contribution in [0.5, 0.6) is 0 Å². The van der Waals surface area contributed by atoms with Gasteiger partial charge >= 0.3 is 0 Å². The zero-order chi connectivity index (χ0) is 12.2. The van der Waals surface area contributed by atoms with E-state index in [1.165, 1.54) is 0 Å². The van der Waals surface area contributed by atoms with Crippen LogP contribution in [0.1, 0.15) is 6.42 Å². The van der Waals surface area contributed by atoms with Crippen LogP contribution in [-0.2, 0) is 0 Å². The molecule has 16 heavy (non-hydrogen) atoms. The van der Waals surface area contributed by atoms with Crippen molar-refractivity contribution in [1.29, 1.82) is 0 Å². The van der Waals surface area contributed by atoms with Crippen molar-refractivity contribution in [2.24, 2.45) is 0 Å². The maximum absolute atomic E-state index is 8.53. The topological polar surface area (TPSA) is 26.7 Å². The third kappa shape index (κ3) is 8.26. The van der Waals surface area contributed by atoms with Crippen molar-refractivity contribution in [3.8, 4) is 0 Å². The van der Waals surface area contributed by atoms with E-state index in [1.54, 1.807) is 6.08 Å². The molecule has 0 saturated carbocycles. The van der Waals surface area contributed by atoms with Crippen LogP contribution in [0.2, 0.25) is 0 Å². The molecule has 0 aliphatic heterocycles. The highest BCUT2D eigenvalue weighted by atomic mass is 16.2. The van der Waals surface area contributed by atoms with Crippen molar-refractivity contribution >= 4 is 0 Å². The predicted molar refractivity (Wildman–Crippen MR) is 70.7 cm³/mol. The van der Waals surface area contributed by atoms with Gasteiger partial charge < -0.3 is 10.0 Å². The average molecular weight is 224 g/mol. The Balaban J connectivity index is 3.66. The van der Waals surface area contributed by atoms with Crippen molar-refractivity contribution in [2.75, 3.05) is 39.8 Å². The van der Waals surface area contributed by atoms with Crippen molar-refractivity contribution in [3.05, 3.63) is 37.6 Å². The molecule has 0 saturated heterocycles. The van der Waals surface area contributed by atoms with E-state index in [4.69, 9.17) is 5.11 Å². The van der Waals surface area contributed by atoms with Gasteiger partial charge in [0.15, 0.2) is 0 Å². The van der Waals surface area contributed by atoms with Gasteiger partial charge in [0.2, 0.25) is 0 Å². The summed E-state index contributed by atoms with van der Waals surface area (Å²) in [6.07, 6.45) is 7.78. The molecule has 3 heteroatoms. The van der Waals surface area contributed by atoms with Gasteiger partial charge in [-0.25, -0.2) is 0 Å². The first kappa shape index (κ1) is 14.9. The lowest BCUT2D eigenvalue weighted by atomic mass is 10.3. The quantitative estimate of drug-likeness (QED) is 0.454. The molecule has 0 heterocycles. The molecule has 0 aromatic heterocycles. The summed E-state index contributed by atoms with van der Waals surface area (Å²) in [7, 11) is 2.05. The number of aliphatic hydroxyl groups excluding tert-OH is 1. The fourth-order valence-electron chi connectivity index (χ4n) is 1.50. The Morgan fingerprint density at radius 2 is 1.69 bits per heavy atom. The summed E-state index contributed by atoms with van der Waals surface area (Å²) in [6.45, 7) is 12.2. The van der Waals surface area contributed by atoms with Gasteiger partial charge in [0.1, 0.15) is 0 Å². The van der Waals surface area contributed by atoms with Gasteiger partial charge in [-0.1, -0.05) is 12.2 Å². The SMILES string of the molecule is C=CCN(CC=C)CCCN(C)CC=CO. The molecule has 3 nitrogen and oxygen atoms in total. The first-order valence-corrected chi connectivity index (χ1v) is 5.66. The Labute approximate surface area is 99.4 Å². The summed E-state index contributed by atoms with van der Waals surface area (Å²) in [5.74, 6) is 0. The van der Waals surface area contributed by atoms with E-state index >= 15 is 0 Å². The van der Waals surface area contributed by atoms with Crippen molar-refractivity contribution in [3.63, 3.8) is 0 Å². The molecule has 0 fully saturated rings. The standard InChI is InChI=1S/C13H24N2O/c1-4-8-15(9-5-2)12-6-10-14(3)11-7-13-16/h4-5,7,13,16H,1-2,6,8-12H2,3H3. The first-order valence-electron chi connectivity index (χ1n) is 5.66. The van der Waals surface area contributed by atoms with Crippen LogP contribution >= 0.6 is 0 Å². The van der Waals surface area contributed by atoms with E-state index < -0.39 is 0 Å². The third-order valence-electron chi connectivity index (χ3n) is 2.31. The van der Waals surface area contributed by atoms with Crippen LogP contribution in [0.15, 0.2) is 37.6 Å². The molecule has 0 unspecified atom stereocenters. The fourth-order valence-corrected chi connectivity index (χ4v) is 1.50. The molecule has 0 rings (SSSR count). The summed E-state index contributed by atoms with van der Waals surface area (Å²) in [4.78, 5) is 4.47. The van der Waals surface area contributed by atoms with Gasteiger partial charge in [-0.15, -0.1) is 13.2 Å². The lowest BCUT2D eigenvalue weighted by Gasteiger charge is -2.20. The Morgan fingerprint density at radius 3 is 2.19 bits per heavy atom. The lowest BCUT2D eigenvalue weighted by Crippen LogP contribution is -2.28. The number of hydrogen-bond donors (Lipinski definition) is 1. The van der Waals surface area contributed by atoms with Gasteiger partial charge in [-0.05, 0) is 26.1 Å². The van der Waals surface area contributed by atoms with Gasteiger partial charge in [-0.3, -0.25) is 4.90 Å². The van der Waals surface area contributed by atoms with Crippen molar-refractivity contribution in [1.82, 2.24) is 9.80 Å². The van der Waals surface area contributed by atoms with E-state index in [0.29, 0.717) is 0 Å². The minimum Gasteiger partial charge on any atom is -0.516 e. The van der Waals surface area contributed by atoms with E-state index in [0.717, 1.165) is 45.4 Å². The maximum atomic E-state index is 8.53. The van der Waals surface area contributed by atoms with Gasteiger partial charge in [0.05, 0.1) is 6.26 Å². The smallest absolute Gasteiger partial charge is 0.0764 e. The van der Waals surface area contributed by atoms with Gasteiger partial charge in [0, 0.05) is 26.2 Å². The summed E-state index contributed by atoms with van der Waals surface area (Å²) >= 11 is 0. The lowest BCUT2D eigenvalue weighted by molar-refractivity contribution is 0.289. The van der Waals surface area contributed by atoms with Gasteiger partial charge in [0.25, 0.3) is 0 Å². The van der Waals surface area contributed by atoms with Crippen LogP contribution in [-0.4, -0.2) is 54.7 Å². The number of nitrogens with zero attached hydrogens (tertiary/aromatic N) is 2. The minimum absolute atomic E-state index is 0.791. The normalized spacial score (nSPS) is 11.4. The van der Waals surface area contributed by atoms with Crippen LogP contribution in [0, 0.1) is 0 Å². The molecule has 0 aliphatic rings. The maximum Gasteiger partial charge on any atom is 0.0764 e. The Bertz CT molecular complexity index is 204. The number of aliphatic hydroxyl groups is 1. The Kier molecular flexibility index (Phi) is 9.76. The molecule has 0 aromatic carbocycles. The highest BCUT2D eigenvalue weighted by Crippen LogP contribution is 1.95. The summed E-state index contributed by atoms with van der Waals surface area (Å²) in [5, 5.41) is 8.53. The summed E-state index contributed by atoms with van der Waals surface area (Å²) in [5.41, 5.74) is 0. The molecule has 0 aliphatic carbocycles. The van der Waals surface area contributed by atoms with Crippen LogP contribution < -0.4 is 0 Å². The van der Waals surface area contributed by atoms with E-state index in [1.807, 2.05) is 19.2 Å². The number of hydrogen-bond acceptors (Lipinski definition) is 3. The summed E-state index contributed by atoms with van der Waals surface area (Å²) in [6, 6.07) is 0. The molecule has 0 radical (unpaired) electrons. The molecular formula is C13H24N2O. The Morgan fingerprint density at radius 1 is 1.06 bits per heavy atom. The molecule has 0 aromatic rings.